The van der Waals surface area contributed by atoms with E-state index in [-0.39, 0.29) is 11.9 Å². The summed E-state index contributed by atoms with van der Waals surface area (Å²) >= 11 is 1.51. The zero-order valence-corrected chi connectivity index (χ0v) is 12.2. The first-order chi connectivity index (χ1) is 9.74. The number of thiophene rings is 1. The Morgan fingerprint density at radius 2 is 2.00 bits per heavy atom. The van der Waals surface area contributed by atoms with E-state index in [0.29, 0.717) is 0 Å². The number of carbonyl (C=O) groups is 1. The first-order valence-electron chi connectivity index (χ1n) is 7.21. The first kappa shape index (κ1) is 13.6. The van der Waals surface area contributed by atoms with Crippen LogP contribution in [-0.4, -0.2) is 23.2 Å². The van der Waals surface area contributed by atoms with Crippen LogP contribution in [0.3, 0.4) is 0 Å². The van der Waals surface area contributed by atoms with Crippen molar-refractivity contribution in [2.24, 2.45) is 0 Å². The van der Waals surface area contributed by atoms with Crippen LogP contribution in [0.2, 0.25) is 0 Å². The van der Waals surface area contributed by atoms with Gasteiger partial charge in [0.05, 0.1) is 17.0 Å². The van der Waals surface area contributed by atoms with Gasteiger partial charge in [0, 0.05) is 4.70 Å². The van der Waals surface area contributed by atoms with Crippen molar-refractivity contribution in [3.8, 4) is 0 Å². The summed E-state index contributed by atoms with van der Waals surface area (Å²) in [5.41, 5.74) is 0. The Hall–Kier alpha value is -1.39. The fourth-order valence-electron chi connectivity index (χ4n) is 2.79. The summed E-state index contributed by atoms with van der Waals surface area (Å²) in [7, 11) is 0. The van der Waals surface area contributed by atoms with Gasteiger partial charge in [-0.3, -0.25) is 4.79 Å². The molecule has 0 spiro atoms. The van der Waals surface area contributed by atoms with E-state index in [9.17, 15) is 9.90 Å². The van der Waals surface area contributed by atoms with Crippen LogP contribution in [0.1, 0.15) is 41.8 Å². The molecule has 1 aromatic heterocycles. The lowest BCUT2D eigenvalue weighted by atomic mass is 10.1. The molecule has 2 aromatic rings. The van der Waals surface area contributed by atoms with E-state index in [1.165, 1.54) is 11.3 Å². The fourth-order valence-corrected chi connectivity index (χ4v) is 3.76. The second kappa shape index (κ2) is 5.94. The van der Waals surface area contributed by atoms with Crippen molar-refractivity contribution in [2.75, 3.05) is 0 Å². The molecule has 4 heteroatoms. The third-order valence-corrected chi connectivity index (χ3v) is 5.06. The van der Waals surface area contributed by atoms with Crippen LogP contribution < -0.4 is 5.32 Å². The maximum atomic E-state index is 12.3. The van der Waals surface area contributed by atoms with E-state index in [1.807, 2.05) is 30.3 Å². The SMILES string of the molecule is O=C(NC1CCCCCC1O)c1cc2ccccc2s1. The summed E-state index contributed by atoms with van der Waals surface area (Å²) in [6.07, 6.45) is 4.53. The molecule has 1 fully saturated rings. The van der Waals surface area contributed by atoms with Gasteiger partial charge in [-0.15, -0.1) is 11.3 Å². The zero-order valence-electron chi connectivity index (χ0n) is 11.3. The summed E-state index contributed by atoms with van der Waals surface area (Å²) in [6.45, 7) is 0. The Balaban J connectivity index is 1.74. The number of carbonyl (C=O) groups excluding carboxylic acids is 1. The maximum absolute atomic E-state index is 12.3. The highest BCUT2D eigenvalue weighted by atomic mass is 32.1. The standard InChI is InChI=1S/C16H19NO2S/c18-13-8-3-1-2-7-12(13)17-16(19)15-10-11-6-4-5-9-14(11)20-15/h4-6,9-10,12-13,18H,1-3,7-8H2,(H,17,19). The van der Waals surface area contributed by atoms with Crippen molar-refractivity contribution in [3.05, 3.63) is 35.2 Å². The zero-order chi connectivity index (χ0) is 13.9. The molecule has 106 valence electrons. The van der Waals surface area contributed by atoms with Gasteiger partial charge < -0.3 is 10.4 Å². The molecule has 1 aliphatic carbocycles. The minimum atomic E-state index is -0.407. The van der Waals surface area contributed by atoms with Gasteiger partial charge in [-0.2, -0.15) is 0 Å². The van der Waals surface area contributed by atoms with E-state index in [1.54, 1.807) is 0 Å². The van der Waals surface area contributed by atoms with Crippen molar-refractivity contribution in [1.82, 2.24) is 5.32 Å². The molecule has 2 unspecified atom stereocenters. The van der Waals surface area contributed by atoms with Crippen LogP contribution in [0, 0.1) is 0 Å². The lowest BCUT2D eigenvalue weighted by Gasteiger charge is -2.21. The molecule has 0 radical (unpaired) electrons. The average Bonchev–Trinajstić information content (AvgIpc) is 2.79. The number of nitrogens with one attached hydrogen (secondary N) is 1. The molecular weight excluding hydrogens is 270 g/mol. The van der Waals surface area contributed by atoms with Gasteiger partial charge in [0.2, 0.25) is 0 Å². The quantitative estimate of drug-likeness (QED) is 0.833. The van der Waals surface area contributed by atoms with Crippen LogP contribution in [0.25, 0.3) is 10.1 Å². The number of rotatable bonds is 2. The van der Waals surface area contributed by atoms with Gasteiger partial charge in [-0.1, -0.05) is 37.5 Å². The Labute approximate surface area is 122 Å². The third-order valence-electron chi connectivity index (χ3n) is 3.95. The summed E-state index contributed by atoms with van der Waals surface area (Å²) in [5.74, 6) is -0.0582. The third kappa shape index (κ3) is 2.86. The molecule has 1 amide bonds. The highest BCUT2D eigenvalue weighted by molar-refractivity contribution is 7.20. The smallest absolute Gasteiger partial charge is 0.261 e. The molecule has 0 aliphatic heterocycles. The summed E-state index contributed by atoms with van der Waals surface area (Å²) in [5, 5.41) is 14.2. The Morgan fingerprint density at radius 1 is 1.20 bits per heavy atom. The molecule has 2 atom stereocenters. The maximum Gasteiger partial charge on any atom is 0.261 e. The molecule has 1 saturated carbocycles. The van der Waals surface area contributed by atoms with E-state index in [2.05, 4.69) is 5.32 Å². The minimum Gasteiger partial charge on any atom is -0.391 e. The largest absolute Gasteiger partial charge is 0.391 e. The topological polar surface area (TPSA) is 49.3 Å². The van der Waals surface area contributed by atoms with Gasteiger partial charge in [0.25, 0.3) is 5.91 Å². The number of hydrogen-bond acceptors (Lipinski definition) is 3. The molecule has 0 bridgehead atoms. The predicted octanol–water partition coefficient (Wildman–Crippen LogP) is 3.32. The van der Waals surface area contributed by atoms with E-state index in [4.69, 9.17) is 0 Å². The van der Waals surface area contributed by atoms with Crippen LogP contribution in [0.5, 0.6) is 0 Å². The lowest BCUT2D eigenvalue weighted by molar-refractivity contribution is 0.0822. The molecule has 3 nitrogen and oxygen atoms in total. The molecule has 1 aromatic carbocycles. The molecule has 0 saturated heterocycles. The summed E-state index contributed by atoms with van der Waals surface area (Å²) in [4.78, 5) is 13.1. The first-order valence-corrected chi connectivity index (χ1v) is 8.03. The molecular formula is C16H19NO2S. The van der Waals surface area contributed by atoms with Crippen molar-refractivity contribution in [3.63, 3.8) is 0 Å². The summed E-state index contributed by atoms with van der Waals surface area (Å²) in [6, 6.07) is 9.83. The van der Waals surface area contributed by atoms with E-state index < -0.39 is 6.10 Å². The number of hydrogen-bond donors (Lipinski definition) is 2. The van der Waals surface area contributed by atoms with E-state index >= 15 is 0 Å². The highest BCUT2D eigenvalue weighted by Gasteiger charge is 2.24. The molecule has 1 heterocycles. The lowest BCUT2D eigenvalue weighted by Crippen LogP contribution is -2.42. The second-order valence-electron chi connectivity index (χ2n) is 5.43. The number of aliphatic hydroxyl groups excluding tert-OH is 1. The van der Waals surface area contributed by atoms with Crippen molar-refractivity contribution in [1.29, 1.82) is 0 Å². The molecule has 1 aliphatic rings. The van der Waals surface area contributed by atoms with Gasteiger partial charge in [-0.25, -0.2) is 0 Å². The number of amides is 1. The predicted molar refractivity (Wildman–Crippen MR) is 82.2 cm³/mol. The average molecular weight is 289 g/mol. The summed E-state index contributed by atoms with van der Waals surface area (Å²) < 4.78 is 1.12. The number of fused-ring (bicyclic) bond motifs is 1. The number of aliphatic hydroxyl groups is 1. The van der Waals surface area contributed by atoms with Gasteiger partial charge in [0.1, 0.15) is 0 Å². The molecule has 20 heavy (non-hydrogen) atoms. The second-order valence-corrected chi connectivity index (χ2v) is 6.52. The molecule has 2 N–H and O–H groups in total. The normalized spacial score (nSPS) is 23.4. The highest BCUT2D eigenvalue weighted by Crippen LogP contribution is 2.26. The monoisotopic (exact) mass is 289 g/mol. The van der Waals surface area contributed by atoms with Crippen LogP contribution in [0.4, 0.5) is 0 Å². The van der Waals surface area contributed by atoms with Crippen LogP contribution >= 0.6 is 11.3 Å². The van der Waals surface area contributed by atoms with Gasteiger partial charge in [-0.05, 0) is 30.4 Å². The van der Waals surface area contributed by atoms with Gasteiger partial charge in [0.15, 0.2) is 0 Å². The van der Waals surface area contributed by atoms with Crippen LogP contribution in [-0.2, 0) is 0 Å². The van der Waals surface area contributed by atoms with Crippen molar-refractivity contribution in [2.45, 2.75) is 44.2 Å². The Bertz CT molecular complexity index is 574. The minimum absolute atomic E-state index is 0.0582. The fraction of sp³-hybridized carbons (Fsp3) is 0.438. The molecule has 3 rings (SSSR count). The van der Waals surface area contributed by atoms with Crippen LogP contribution in [0.15, 0.2) is 30.3 Å². The van der Waals surface area contributed by atoms with E-state index in [0.717, 1.165) is 47.1 Å². The number of benzene rings is 1. The van der Waals surface area contributed by atoms with Gasteiger partial charge >= 0.3 is 0 Å². The Morgan fingerprint density at radius 3 is 2.85 bits per heavy atom. The van der Waals surface area contributed by atoms with Crippen molar-refractivity contribution >= 4 is 27.3 Å². The van der Waals surface area contributed by atoms with Crippen molar-refractivity contribution < 1.29 is 9.90 Å². The Kier molecular flexibility index (Phi) is 4.03.